The number of hydrogen-bond acceptors (Lipinski definition) is 4. The Hall–Kier alpha value is -1.10. The molecule has 0 bridgehead atoms. The van der Waals surface area contributed by atoms with Crippen LogP contribution in [0.25, 0.3) is 0 Å². The number of amides is 1. The van der Waals surface area contributed by atoms with E-state index in [1.165, 1.54) is 20.8 Å². The summed E-state index contributed by atoms with van der Waals surface area (Å²) < 4.78 is 4.76. The first-order valence-electron chi connectivity index (χ1n) is 4.02. The number of aliphatic hydroxyl groups is 1. The maximum absolute atomic E-state index is 11.0. The van der Waals surface area contributed by atoms with E-state index in [2.05, 4.69) is 5.32 Å². The molecule has 1 fully saturated rings. The molecule has 0 saturated carbocycles. The summed E-state index contributed by atoms with van der Waals surface area (Å²) in [5.41, 5.74) is -1.16. The van der Waals surface area contributed by atoms with E-state index in [-0.39, 0.29) is 5.91 Å². The molecule has 2 N–H and O–H groups in total. The summed E-state index contributed by atoms with van der Waals surface area (Å²) >= 11 is 0. The second-order valence-corrected chi connectivity index (χ2v) is 3.67. The van der Waals surface area contributed by atoms with Gasteiger partial charge in [0.15, 0.2) is 6.23 Å². The number of esters is 1. The van der Waals surface area contributed by atoms with Crippen molar-refractivity contribution in [2.24, 2.45) is 5.92 Å². The van der Waals surface area contributed by atoms with E-state index in [9.17, 15) is 14.7 Å². The molecule has 1 aliphatic rings. The average molecular weight is 187 g/mol. The van der Waals surface area contributed by atoms with E-state index >= 15 is 0 Å². The number of rotatable bonds is 2. The Bertz CT molecular complexity index is 243. The van der Waals surface area contributed by atoms with Crippen molar-refractivity contribution in [2.45, 2.75) is 32.6 Å². The zero-order valence-electron chi connectivity index (χ0n) is 7.83. The van der Waals surface area contributed by atoms with Crippen LogP contribution in [0.5, 0.6) is 0 Å². The molecule has 0 aromatic rings. The lowest BCUT2D eigenvalue weighted by Gasteiger charge is -2.41. The minimum Gasteiger partial charge on any atom is -0.441 e. The Kier molecular flexibility index (Phi) is 2.30. The minimum absolute atomic E-state index is 0.293. The first-order chi connectivity index (χ1) is 5.82. The quantitative estimate of drug-likeness (QED) is 0.447. The molecule has 0 spiro atoms. The van der Waals surface area contributed by atoms with Crippen LogP contribution in [0.2, 0.25) is 0 Å². The van der Waals surface area contributed by atoms with Crippen molar-refractivity contribution in [3.63, 3.8) is 0 Å². The van der Waals surface area contributed by atoms with Gasteiger partial charge in [-0.2, -0.15) is 0 Å². The van der Waals surface area contributed by atoms with Gasteiger partial charge in [-0.15, -0.1) is 0 Å². The van der Waals surface area contributed by atoms with Crippen molar-refractivity contribution in [1.29, 1.82) is 0 Å². The number of β-lactam (4-membered cyclic amide) rings is 1. The van der Waals surface area contributed by atoms with Gasteiger partial charge in [-0.05, 0) is 13.8 Å². The van der Waals surface area contributed by atoms with Crippen LogP contribution in [-0.4, -0.2) is 28.8 Å². The second kappa shape index (κ2) is 2.99. The molecule has 0 aromatic carbocycles. The summed E-state index contributed by atoms with van der Waals surface area (Å²) in [4.78, 5) is 21.6. The fourth-order valence-electron chi connectivity index (χ4n) is 1.32. The summed E-state index contributed by atoms with van der Waals surface area (Å²) in [6.45, 7) is 4.27. The summed E-state index contributed by atoms with van der Waals surface area (Å²) in [7, 11) is 0. The molecule has 1 aliphatic heterocycles. The number of nitrogens with one attached hydrogen (secondary N) is 1. The van der Waals surface area contributed by atoms with Gasteiger partial charge in [-0.3, -0.25) is 9.59 Å². The van der Waals surface area contributed by atoms with Gasteiger partial charge < -0.3 is 15.2 Å². The third kappa shape index (κ3) is 1.98. The molecule has 0 aliphatic carbocycles. The third-order valence-corrected chi connectivity index (χ3v) is 1.92. The maximum atomic E-state index is 11.0. The lowest BCUT2D eigenvalue weighted by molar-refractivity contribution is -0.181. The van der Waals surface area contributed by atoms with Crippen LogP contribution in [0.3, 0.4) is 0 Å². The Labute approximate surface area is 76.1 Å². The fraction of sp³-hybridized carbons (Fsp3) is 0.750. The summed E-state index contributed by atoms with van der Waals surface area (Å²) in [5, 5.41) is 11.9. The Morgan fingerprint density at radius 3 is 2.46 bits per heavy atom. The van der Waals surface area contributed by atoms with Crippen molar-refractivity contribution in [1.82, 2.24) is 5.32 Å². The number of carbonyl (C=O) groups excluding carboxylic acids is 2. The molecule has 1 heterocycles. The van der Waals surface area contributed by atoms with Crippen LogP contribution >= 0.6 is 0 Å². The van der Waals surface area contributed by atoms with Crippen molar-refractivity contribution in [3.8, 4) is 0 Å². The molecular weight excluding hydrogens is 174 g/mol. The van der Waals surface area contributed by atoms with Gasteiger partial charge in [-0.25, -0.2) is 0 Å². The minimum atomic E-state index is -1.16. The van der Waals surface area contributed by atoms with Crippen molar-refractivity contribution in [3.05, 3.63) is 0 Å². The van der Waals surface area contributed by atoms with Crippen LogP contribution in [-0.2, 0) is 14.3 Å². The predicted molar refractivity (Wildman–Crippen MR) is 43.5 cm³/mol. The first-order valence-corrected chi connectivity index (χ1v) is 4.02. The maximum Gasteiger partial charge on any atom is 0.304 e. The molecule has 0 unspecified atom stereocenters. The number of ether oxygens (including phenoxy) is 1. The van der Waals surface area contributed by atoms with E-state index in [0.29, 0.717) is 0 Å². The Morgan fingerprint density at radius 1 is 1.62 bits per heavy atom. The van der Waals surface area contributed by atoms with Gasteiger partial charge in [0.2, 0.25) is 5.91 Å². The predicted octanol–water partition coefficient (Wildman–Crippen LogP) is -0.608. The normalized spacial score (nSPS) is 27.5. The highest BCUT2D eigenvalue weighted by Crippen LogP contribution is 2.27. The van der Waals surface area contributed by atoms with Gasteiger partial charge in [0.25, 0.3) is 0 Å². The fourth-order valence-corrected chi connectivity index (χ4v) is 1.32. The molecule has 5 heteroatoms. The van der Waals surface area contributed by atoms with Crippen molar-refractivity contribution < 1.29 is 19.4 Å². The van der Waals surface area contributed by atoms with E-state index in [0.717, 1.165) is 0 Å². The Balaban J connectivity index is 2.62. The molecule has 13 heavy (non-hydrogen) atoms. The number of hydrogen-bond donors (Lipinski definition) is 2. The van der Waals surface area contributed by atoms with Gasteiger partial charge in [0.05, 0.1) is 5.60 Å². The lowest BCUT2D eigenvalue weighted by atomic mass is 9.83. The van der Waals surface area contributed by atoms with E-state index in [4.69, 9.17) is 4.74 Å². The molecule has 1 amide bonds. The number of carbonyl (C=O) groups is 2. The average Bonchev–Trinajstić information content (AvgIpc) is 1.79. The molecule has 5 nitrogen and oxygen atoms in total. The smallest absolute Gasteiger partial charge is 0.304 e. The molecule has 1 saturated heterocycles. The monoisotopic (exact) mass is 187 g/mol. The van der Waals surface area contributed by atoms with Crippen molar-refractivity contribution >= 4 is 11.9 Å². The summed E-state index contributed by atoms with van der Waals surface area (Å²) in [6, 6.07) is 0. The van der Waals surface area contributed by atoms with Gasteiger partial charge >= 0.3 is 5.97 Å². The topological polar surface area (TPSA) is 75.6 Å². The third-order valence-electron chi connectivity index (χ3n) is 1.92. The molecule has 1 rings (SSSR count). The molecule has 2 atom stereocenters. The van der Waals surface area contributed by atoms with Gasteiger partial charge in [0, 0.05) is 6.92 Å². The van der Waals surface area contributed by atoms with Crippen LogP contribution in [0.1, 0.15) is 20.8 Å². The molecule has 0 aromatic heterocycles. The highest BCUT2D eigenvalue weighted by Gasteiger charge is 2.50. The first kappa shape index (κ1) is 9.98. The van der Waals surface area contributed by atoms with Crippen LogP contribution in [0, 0.1) is 5.92 Å². The largest absolute Gasteiger partial charge is 0.441 e. The summed E-state index contributed by atoms with van der Waals surface area (Å²) in [5.74, 6) is -1.44. The Morgan fingerprint density at radius 2 is 2.15 bits per heavy atom. The van der Waals surface area contributed by atoms with E-state index < -0.39 is 23.7 Å². The lowest BCUT2D eigenvalue weighted by Crippen LogP contribution is -2.66. The molecule has 0 radical (unpaired) electrons. The van der Waals surface area contributed by atoms with Crippen molar-refractivity contribution in [2.75, 3.05) is 0 Å². The van der Waals surface area contributed by atoms with Crippen LogP contribution in [0.15, 0.2) is 0 Å². The highest BCUT2D eigenvalue weighted by molar-refractivity contribution is 5.87. The summed E-state index contributed by atoms with van der Waals surface area (Å²) in [6.07, 6.45) is -0.690. The van der Waals surface area contributed by atoms with Crippen LogP contribution in [0.4, 0.5) is 0 Å². The van der Waals surface area contributed by atoms with Crippen LogP contribution < -0.4 is 5.32 Å². The zero-order valence-corrected chi connectivity index (χ0v) is 7.83. The SMILES string of the molecule is CC(=O)O[C@H]1NC(=O)[C@H]1C(C)(C)O. The molecule has 74 valence electrons. The molecular formula is C8H13NO4. The standard InChI is InChI=1S/C8H13NO4/c1-4(10)13-7-5(6(11)9-7)8(2,3)12/h5,7,12H,1-3H3,(H,9,11)/t5-,7-/m1/s1. The van der Waals surface area contributed by atoms with E-state index in [1.807, 2.05) is 0 Å². The van der Waals surface area contributed by atoms with Gasteiger partial charge in [-0.1, -0.05) is 0 Å². The van der Waals surface area contributed by atoms with Gasteiger partial charge in [0.1, 0.15) is 5.92 Å². The van der Waals surface area contributed by atoms with E-state index in [1.54, 1.807) is 0 Å². The zero-order chi connectivity index (χ0) is 10.2. The second-order valence-electron chi connectivity index (χ2n) is 3.67. The highest BCUT2D eigenvalue weighted by atomic mass is 16.6.